The molecule has 0 fully saturated rings. The van der Waals surface area contributed by atoms with Crippen LogP contribution in [0.2, 0.25) is 0 Å². The molecule has 0 aliphatic carbocycles. The van der Waals surface area contributed by atoms with Gasteiger partial charge in [-0.15, -0.1) is 0 Å². The van der Waals surface area contributed by atoms with Crippen molar-refractivity contribution in [3.8, 4) is 11.3 Å². The molecule has 1 amide bonds. The van der Waals surface area contributed by atoms with Crippen LogP contribution in [0.5, 0.6) is 0 Å². The summed E-state index contributed by atoms with van der Waals surface area (Å²) in [5.41, 5.74) is 5.35. The van der Waals surface area contributed by atoms with Crippen molar-refractivity contribution in [3.63, 3.8) is 0 Å². The normalized spacial score (nSPS) is 11.1. The van der Waals surface area contributed by atoms with Gasteiger partial charge in [0.2, 0.25) is 0 Å². The number of para-hydroxylation sites is 2. The number of rotatable bonds is 5. The molecule has 0 saturated heterocycles. The fourth-order valence-electron chi connectivity index (χ4n) is 3.77. The van der Waals surface area contributed by atoms with E-state index in [4.69, 9.17) is 4.98 Å². The van der Waals surface area contributed by atoms with Crippen molar-refractivity contribution in [2.45, 2.75) is 6.42 Å². The maximum atomic E-state index is 13.1. The van der Waals surface area contributed by atoms with Crippen LogP contribution in [0.15, 0.2) is 85.3 Å². The van der Waals surface area contributed by atoms with Gasteiger partial charge in [0.15, 0.2) is 0 Å². The zero-order valence-corrected chi connectivity index (χ0v) is 16.3. The third-order valence-corrected chi connectivity index (χ3v) is 5.27. The maximum Gasteiger partial charge on any atom is 0.252 e. The standard InChI is InChI=1S/C25H20N4O/c30-25(27-13-11-17-16-28-22-9-3-1-7-19(17)22)21-14-24(18-6-5-12-26-15-18)29-23-10-4-2-8-20(21)23/h1-10,12,14-16,28H,11,13H2,(H,27,30). The van der Waals surface area contributed by atoms with Crippen molar-refractivity contribution < 1.29 is 4.79 Å². The molecule has 2 aromatic carbocycles. The van der Waals surface area contributed by atoms with Crippen molar-refractivity contribution in [2.24, 2.45) is 0 Å². The third kappa shape index (κ3) is 3.42. The monoisotopic (exact) mass is 392 g/mol. The Morgan fingerprint density at radius 1 is 0.967 bits per heavy atom. The van der Waals surface area contributed by atoms with E-state index in [1.165, 1.54) is 10.9 Å². The Hall–Kier alpha value is -3.99. The third-order valence-electron chi connectivity index (χ3n) is 5.27. The quantitative estimate of drug-likeness (QED) is 0.453. The van der Waals surface area contributed by atoms with Gasteiger partial charge in [-0.3, -0.25) is 9.78 Å². The predicted molar refractivity (Wildman–Crippen MR) is 119 cm³/mol. The first-order valence-corrected chi connectivity index (χ1v) is 9.93. The summed E-state index contributed by atoms with van der Waals surface area (Å²) in [6.07, 6.45) is 6.26. The lowest BCUT2D eigenvalue weighted by Crippen LogP contribution is -2.26. The zero-order chi connectivity index (χ0) is 20.3. The largest absolute Gasteiger partial charge is 0.361 e. The number of aromatic nitrogens is 3. The molecule has 5 heteroatoms. The molecule has 0 aliphatic heterocycles. The minimum atomic E-state index is -0.0985. The summed E-state index contributed by atoms with van der Waals surface area (Å²) in [5, 5.41) is 5.11. The van der Waals surface area contributed by atoms with E-state index < -0.39 is 0 Å². The molecule has 2 N–H and O–H groups in total. The Morgan fingerprint density at radius 2 is 1.80 bits per heavy atom. The topological polar surface area (TPSA) is 70.7 Å². The van der Waals surface area contributed by atoms with Crippen LogP contribution in [0.4, 0.5) is 0 Å². The van der Waals surface area contributed by atoms with E-state index in [9.17, 15) is 4.79 Å². The Labute approximate surface area is 173 Å². The number of hydrogen-bond acceptors (Lipinski definition) is 3. The van der Waals surface area contributed by atoms with Gasteiger partial charge in [-0.1, -0.05) is 36.4 Å². The van der Waals surface area contributed by atoms with Gasteiger partial charge in [0.05, 0.1) is 16.8 Å². The highest BCUT2D eigenvalue weighted by Crippen LogP contribution is 2.24. The number of carbonyl (C=O) groups is 1. The van der Waals surface area contributed by atoms with Gasteiger partial charge in [-0.05, 0) is 42.3 Å². The van der Waals surface area contributed by atoms with Crippen LogP contribution in [0.3, 0.4) is 0 Å². The first kappa shape index (κ1) is 18.1. The summed E-state index contributed by atoms with van der Waals surface area (Å²) in [6, 6.07) is 21.6. The van der Waals surface area contributed by atoms with Gasteiger partial charge in [-0.2, -0.15) is 0 Å². The van der Waals surface area contributed by atoms with Crippen LogP contribution in [0, 0.1) is 0 Å². The van der Waals surface area contributed by atoms with Crippen LogP contribution in [-0.2, 0) is 6.42 Å². The molecule has 0 unspecified atom stereocenters. The SMILES string of the molecule is O=C(NCCc1c[nH]c2ccccc12)c1cc(-c2cccnc2)nc2ccccc12. The summed E-state index contributed by atoms with van der Waals surface area (Å²) < 4.78 is 0. The number of nitrogens with zero attached hydrogens (tertiary/aromatic N) is 2. The fourth-order valence-corrected chi connectivity index (χ4v) is 3.77. The lowest BCUT2D eigenvalue weighted by molar-refractivity contribution is 0.0956. The minimum absolute atomic E-state index is 0.0985. The summed E-state index contributed by atoms with van der Waals surface area (Å²) >= 11 is 0. The van der Waals surface area contributed by atoms with Gasteiger partial charge >= 0.3 is 0 Å². The van der Waals surface area contributed by atoms with E-state index in [0.29, 0.717) is 12.1 Å². The number of hydrogen-bond donors (Lipinski definition) is 2. The summed E-state index contributed by atoms with van der Waals surface area (Å²) in [4.78, 5) is 25.2. The van der Waals surface area contributed by atoms with Gasteiger partial charge < -0.3 is 10.3 Å². The van der Waals surface area contributed by atoms with Crippen molar-refractivity contribution in [3.05, 3.63) is 96.4 Å². The van der Waals surface area contributed by atoms with Crippen LogP contribution in [-0.4, -0.2) is 27.4 Å². The first-order valence-electron chi connectivity index (χ1n) is 9.93. The summed E-state index contributed by atoms with van der Waals surface area (Å²) in [7, 11) is 0. The molecule has 0 saturated carbocycles. The van der Waals surface area contributed by atoms with Crippen LogP contribution < -0.4 is 5.32 Å². The number of fused-ring (bicyclic) bond motifs is 2. The molecule has 0 atom stereocenters. The van der Waals surface area contributed by atoms with Crippen LogP contribution in [0.1, 0.15) is 15.9 Å². The molecule has 3 aromatic heterocycles. The number of pyridine rings is 2. The highest BCUT2D eigenvalue weighted by atomic mass is 16.1. The molecule has 5 rings (SSSR count). The smallest absolute Gasteiger partial charge is 0.252 e. The number of aromatic amines is 1. The van der Waals surface area contributed by atoms with E-state index >= 15 is 0 Å². The zero-order valence-electron chi connectivity index (χ0n) is 16.3. The van der Waals surface area contributed by atoms with Crippen molar-refractivity contribution >= 4 is 27.7 Å². The molecule has 0 bridgehead atoms. The van der Waals surface area contributed by atoms with Gasteiger partial charge in [0.1, 0.15) is 0 Å². The molecular weight excluding hydrogens is 372 g/mol. The van der Waals surface area contributed by atoms with Crippen LogP contribution >= 0.6 is 0 Å². The Bertz CT molecular complexity index is 1340. The van der Waals surface area contributed by atoms with Crippen molar-refractivity contribution in [1.82, 2.24) is 20.3 Å². The first-order chi connectivity index (χ1) is 14.8. The Kier molecular flexibility index (Phi) is 4.69. The lowest BCUT2D eigenvalue weighted by atomic mass is 10.0. The number of nitrogens with one attached hydrogen (secondary N) is 2. The van der Waals surface area contributed by atoms with Crippen molar-refractivity contribution in [2.75, 3.05) is 6.54 Å². The van der Waals surface area contributed by atoms with E-state index in [-0.39, 0.29) is 5.91 Å². The highest BCUT2D eigenvalue weighted by Gasteiger charge is 2.14. The molecule has 30 heavy (non-hydrogen) atoms. The predicted octanol–water partition coefficient (Wildman–Crippen LogP) is 4.75. The van der Waals surface area contributed by atoms with Gasteiger partial charge in [-0.25, -0.2) is 4.98 Å². The maximum absolute atomic E-state index is 13.1. The van der Waals surface area contributed by atoms with E-state index in [1.54, 1.807) is 12.4 Å². The Balaban J connectivity index is 1.41. The lowest BCUT2D eigenvalue weighted by Gasteiger charge is -2.10. The second-order valence-corrected chi connectivity index (χ2v) is 7.18. The van der Waals surface area contributed by atoms with Crippen molar-refractivity contribution in [1.29, 1.82) is 0 Å². The molecule has 0 aliphatic rings. The molecule has 5 aromatic rings. The van der Waals surface area contributed by atoms with E-state index in [1.807, 2.05) is 60.8 Å². The summed E-state index contributed by atoms with van der Waals surface area (Å²) in [5.74, 6) is -0.0985. The van der Waals surface area contributed by atoms with E-state index in [0.717, 1.165) is 34.1 Å². The fraction of sp³-hybridized carbons (Fsp3) is 0.0800. The molecule has 0 radical (unpaired) electrons. The number of H-pyrrole nitrogens is 1. The molecule has 5 nitrogen and oxygen atoms in total. The average molecular weight is 392 g/mol. The summed E-state index contributed by atoms with van der Waals surface area (Å²) in [6.45, 7) is 0.555. The number of carbonyl (C=O) groups excluding carboxylic acids is 1. The molecule has 0 spiro atoms. The molecular formula is C25H20N4O. The number of amides is 1. The number of benzene rings is 2. The van der Waals surface area contributed by atoms with E-state index in [2.05, 4.69) is 27.4 Å². The molecule has 146 valence electrons. The van der Waals surface area contributed by atoms with Crippen LogP contribution in [0.25, 0.3) is 33.1 Å². The van der Waals surface area contributed by atoms with Gasteiger partial charge in [0, 0.05) is 47.0 Å². The second kappa shape index (κ2) is 7.79. The average Bonchev–Trinajstić information content (AvgIpc) is 3.22. The Morgan fingerprint density at radius 3 is 2.67 bits per heavy atom. The van der Waals surface area contributed by atoms with Gasteiger partial charge in [0.25, 0.3) is 5.91 Å². The molecule has 3 heterocycles. The minimum Gasteiger partial charge on any atom is -0.361 e. The highest BCUT2D eigenvalue weighted by molar-refractivity contribution is 6.07. The second-order valence-electron chi connectivity index (χ2n) is 7.18.